The number of nitrogens with two attached hydrogens (primary N) is 1. The van der Waals surface area contributed by atoms with Gasteiger partial charge in [0.15, 0.2) is 0 Å². The quantitative estimate of drug-likeness (QED) is 0.490. The molecule has 0 unspecified atom stereocenters. The number of anilines is 1. The van der Waals surface area contributed by atoms with Gasteiger partial charge >= 0.3 is 11.6 Å². The summed E-state index contributed by atoms with van der Waals surface area (Å²) in [7, 11) is 0. The van der Waals surface area contributed by atoms with Crippen LogP contribution in [0.25, 0.3) is 0 Å². The summed E-state index contributed by atoms with van der Waals surface area (Å²) in [5, 5.41) is 19.6. The first-order valence-corrected chi connectivity index (χ1v) is 5.40. The van der Waals surface area contributed by atoms with Gasteiger partial charge in [0.05, 0.1) is 10.5 Å². The summed E-state index contributed by atoms with van der Waals surface area (Å²) in [6.07, 6.45) is 0.998. The number of nitrogen functional groups attached to an aromatic ring is 1. The maximum atomic E-state index is 13.5. The largest absolute Gasteiger partial charge is 0.433 e. The fraction of sp³-hybridized carbons (Fsp3) is 0. The molecule has 0 amide bonds. The maximum Gasteiger partial charge on any atom is 0.374 e. The van der Waals surface area contributed by atoms with Crippen LogP contribution in [-0.2, 0) is 0 Å². The fourth-order valence-corrected chi connectivity index (χ4v) is 1.47. The van der Waals surface area contributed by atoms with Gasteiger partial charge < -0.3 is 10.2 Å². The lowest BCUT2D eigenvalue weighted by molar-refractivity contribution is -0.385. The molecule has 0 fully saturated rings. The highest BCUT2D eigenvalue weighted by Crippen LogP contribution is 2.33. The van der Waals surface area contributed by atoms with Crippen LogP contribution in [0.1, 0.15) is 5.56 Å². The molecule has 0 aliphatic rings. The molecule has 0 atom stereocenters. The molecule has 2 aromatic rings. The minimum atomic E-state index is -0.816. The van der Waals surface area contributed by atoms with Crippen molar-refractivity contribution in [1.29, 1.82) is 5.26 Å². The monoisotopic (exact) mass is 290 g/mol. The van der Waals surface area contributed by atoms with E-state index in [0.717, 1.165) is 12.4 Å². The molecule has 0 bridgehead atoms. The van der Waals surface area contributed by atoms with Gasteiger partial charge in [-0.15, -0.1) is 0 Å². The van der Waals surface area contributed by atoms with Crippen LogP contribution >= 0.6 is 0 Å². The summed E-state index contributed by atoms with van der Waals surface area (Å²) in [6.45, 7) is 0. The third kappa shape index (κ3) is 2.82. The van der Waals surface area contributed by atoms with E-state index in [4.69, 9.17) is 15.8 Å². The summed E-state index contributed by atoms with van der Waals surface area (Å²) in [6, 6.07) is 5.02. The predicted octanol–water partition coefficient (Wildman–Crippen LogP) is 1.47. The number of nitriles is 1. The third-order valence-electron chi connectivity index (χ3n) is 2.38. The number of hydrogen-bond acceptors (Lipinski definition) is 8. The van der Waals surface area contributed by atoms with Crippen molar-refractivity contribution in [2.24, 2.45) is 5.84 Å². The standard InChI is InChI=1S/C11H7FN6O3/c12-8-3-7(2-1-6(8)4-13)21-11-9(18(19)20)10(17-14)15-5-16-11/h1-3,5H,14H2,(H,15,16,17). The summed E-state index contributed by atoms with van der Waals surface area (Å²) in [5.41, 5.74) is 1.27. The van der Waals surface area contributed by atoms with Gasteiger partial charge in [-0.2, -0.15) is 10.2 Å². The van der Waals surface area contributed by atoms with Crippen LogP contribution < -0.4 is 16.0 Å². The molecule has 0 saturated carbocycles. The molecule has 0 aliphatic carbocycles. The lowest BCUT2D eigenvalue weighted by atomic mass is 10.2. The van der Waals surface area contributed by atoms with Crippen molar-refractivity contribution in [3.05, 3.63) is 46.0 Å². The normalized spacial score (nSPS) is 9.76. The van der Waals surface area contributed by atoms with E-state index in [1.54, 1.807) is 6.07 Å². The second kappa shape index (κ2) is 5.76. The van der Waals surface area contributed by atoms with Crippen molar-refractivity contribution in [2.75, 3.05) is 5.43 Å². The average Bonchev–Trinajstić information content (AvgIpc) is 2.46. The van der Waals surface area contributed by atoms with Crippen LogP contribution in [0.4, 0.5) is 15.9 Å². The van der Waals surface area contributed by atoms with Crippen LogP contribution in [0.3, 0.4) is 0 Å². The molecule has 1 aromatic heterocycles. The molecule has 1 heterocycles. The second-order valence-electron chi connectivity index (χ2n) is 3.63. The molecule has 10 heteroatoms. The maximum absolute atomic E-state index is 13.5. The number of ether oxygens (including phenoxy) is 1. The number of hydrogen-bond donors (Lipinski definition) is 2. The predicted molar refractivity (Wildman–Crippen MR) is 67.7 cm³/mol. The van der Waals surface area contributed by atoms with Gasteiger partial charge in [-0.25, -0.2) is 15.2 Å². The van der Waals surface area contributed by atoms with Crippen LogP contribution in [0, 0.1) is 27.3 Å². The SMILES string of the molecule is N#Cc1ccc(Oc2ncnc(NN)c2[N+](=O)[O-])cc1F. The zero-order valence-electron chi connectivity index (χ0n) is 10.3. The number of aromatic nitrogens is 2. The molecule has 2 rings (SSSR count). The Morgan fingerprint density at radius 1 is 1.48 bits per heavy atom. The molecule has 1 aromatic carbocycles. The molecule has 21 heavy (non-hydrogen) atoms. The van der Waals surface area contributed by atoms with Gasteiger partial charge in [0.25, 0.3) is 0 Å². The van der Waals surface area contributed by atoms with Crippen LogP contribution in [-0.4, -0.2) is 14.9 Å². The van der Waals surface area contributed by atoms with Crippen LogP contribution in [0.5, 0.6) is 11.6 Å². The van der Waals surface area contributed by atoms with Gasteiger partial charge in [0.2, 0.25) is 5.82 Å². The third-order valence-corrected chi connectivity index (χ3v) is 2.38. The van der Waals surface area contributed by atoms with Gasteiger partial charge in [-0.1, -0.05) is 0 Å². The smallest absolute Gasteiger partial charge is 0.374 e. The lowest BCUT2D eigenvalue weighted by Crippen LogP contribution is -2.12. The average molecular weight is 290 g/mol. The van der Waals surface area contributed by atoms with E-state index in [0.29, 0.717) is 0 Å². The summed E-state index contributed by atoms with van der Waals surface area (Å²) in [4.78, 5) is 17.4. The molecule has 0 saturated heterocycles. The highest BCUT2D eigenvalue weighted by molar-refractivity contribution is 5.61. The molecule has 0 spiro atoms. The van der Waals surface area contributed by atoms with Gasteiger partial charge in [0.1, 0.15) is 24.0 Å². The van der Waals surface area contributed by atoms with Crippen LogP contribution in [0.2, 0.25) is 0 Å². The van der Waals surface area contributed by atoms with Crippen molar-refractivity contribution >= 4 is 11.5 Å². The van der Waals surface area contributed by atoms with E-state index in [-0.39, 0.29) is 17.1 Å². The van der Waals surface area contributed by atoms with E-state index in [9.17, 15) is 14.5 Å². The molecular formula is C11H7FN6O3. The Bertz CT molecular complexity index is 745. The molecule has 0 radical (unpaired) electrons. The van der Waals surface area contributed by atoms with Gasteiger partial charge in [-0.3, -0.25) is 10.1 Å². The molecule has 9 nitrogen and oxygen atoms in total. The number of nitrogens with zero attached hydrogens (tertiary/aromatic N) is 4. The Balaban J connectivity index is 2.42. The second-order valence-corrected chi connectivity index (χ2v) is 3.63. The Morgan fingerprint density at radius 2 is 2.24 bits per heavy atom. The number of nitrogens with one attached hydrogen (secondary N) is 1. The van der Waals surface area contributed by atoms with E-state index in [1.807, 2.05) is 5.43 Å². The van der Waals surface area contributed by atoms with E-state index in [2.05, 4.69) is 9.97 Å². The molecule has 106 valence electrons. The highest BCUT2D eigenvalue weighted by Gasteiger charge is 2.24. The Kier molecular flexibility index (Phi) is 3.87. The Morgan fingerprint density at radius 3 is 2.81 bits per heavy atom. The first-order chi connectivity index (χ1) is 10.1. The van der Waals surface area contributed by atoms with Gasteiger partial charge in [0, 0.05) is 6.07 Å². The zero-order chi connectivity index (χ0) is 15.4. The summed E-state index contributed by atoms with van der Waals surface area (Å²) >= 11 is 0. The molecule has 0 aliphatic heterocycles. The zero-order valence-corrected chi connectivity index (χ0v) is 10.3. The minimum absolute atomic E-state index is 0.0590. The number of benzene rings is 1. The van der Waals surface area contributed by atoms with Crippen LogP contribution in [0.15, 0.2) is 24.5 Å². The van der Waals surface area contributed by atoms with E-state index < -0.39 is 22.3 Å². The number of halogens is 1. The lowest BCUT2D eigenvalue weighted by Gasteiger charge is -2.07. The first-order valence-electron chi connectivity index (χ1n) is 5.40. The Labute approximate surface area is 116 Å². The fourth-order valence-electron chi connectivity index (χ4n) is 1.47. The van der Waals surface area contributed by atoms with Crippen molar-refractivity contribution in [1.82, 2.24) is 9.97 Å². The van der Waals surface area contributed by atoms with Gasteiger partial charge in [-0.05, 0) is 12.1 Å². The van der Waals surface area contributed by atoms with Crippen molar-refractivity contribution in [2.45, 2.75) is 0 Å². The van der Waals surface area contributed by atoms with Crippen molar-refractivity contribution < 1.29 is 14.1 Å². The first kappa shape index (κ1) is 14.1. The van der Waals surface area contributed by atoms with E-state index in [1.165, 1.54) is 12.1 Å². The highest BCUT2D eigenvalue weighted by atomic mass is 19.1. The summed E-state index contributed by atoms with van der Waals surface area (Å²) in [5.74, 6) is 3.58. The number of rotatable bonds is 4. The summed E-state index contributed by atoms with van der Waals surface area (Å²) < 4.78 is 18.6. The molecular weight excluding hydrogens is 283 g/mol. The van der Waals surface area contributed by atoms with E-state index >= 15 is 0 Å². The van der Waals surface area contributed by atoms with Crippen molar-refractivity contribution in [3.63, 3.8) is 0 Å². The number of nitro groups is 1. The Hall–Kier alpha value is -3.32. The van der Waals surface area contributed by atoms with Crippen molar-refractivity contribution in [3.8, 4) is 17.7 Å². The molecule has 3 N–H and O–H groups in total. The minimum Gasteiger partial charge on any atom is -0.433 e. The number of hydrazine groups is 1. The topological polar surface area (TPSA) is 140 Å².